The number of carbonyl (C=O) groups is 3. The van der Waals surface area contributed by atoms with Crippen molar-refractivity contribution in [3.8, 4) is 5.75 Å². The third-order valence-corrected chi connectivity index (χ3v) is 6.96. The number of aromatic hydroxyl groups is 1. The molecular formula is C20H24N6O11S2. The monoisotopic (exact) mass is 588 g/mol. The topological polar surface area (TPSA) is 253 Å². The number of nitrogens with two attached hydrogens (primary N) is 1. The Labute approximate surface area is 224 Å². The molecule has 3 atom stereocenters. The zero-order valence-electron chi connectivity index (χ0n) is 20.5. The quantitative estimate of drug-likeness (QED) is 0.0559. The van der Waals surface area contributed by atoms with Gasteiger partial charge in [-0.05, 0) is 5.92 Å². The van der Waals surface area contributed by atoms with Crippen LogP contribution < -0.4 is 16.5 Å². The highest BCUT2D eigenvalue weighted by molar-refractivity contribution is 7.84. The van der Waals surface area contributed by atoms with Crippen LogP contribution in [0.4, 0.5) is 5.13 Å². The van der Waals surface area contributed by atoms with Crippen molar-refractivity contribution < 1.29 is 47.2 Å². The Morgan fingerprint density at radius 2 is 2.00 bits per heavy atom. The number of ether oxygens (including phenoxy) is 1. The summed E-state index contributed by atoms with van der Waals surface area (Å²) in [6, 6.07) is -2.11. The Morgan fingerprint density at radius 3 is 2.54 bits per heavy atom. The van der Waals surface area contributed by atoms with Gasteiger partial charge in [-0.3, -0.25) is 23.7 Å². The molecule has 3 rings (SSSR count). The molecule has 39 heavy (non-hydrogen) atoms. The Hall–Kier alpha value is -4.23. The van der Waals surface area contributed by atoms with Crippen LogP contribution in [0.1, 0.15) is 38.3 Å². The number of hydrogen-bond donors (Lipinski definition) is 5. The van der Waals surface area contributed by atoms with E-state index in [0.29, 0.717) is 4.73 Å². The van der Waals surface area contributed by atoms with Crippen LogP contribution >= 0.6 is 11.3 Å². The smallest absolute Gasteiger partial charge is 0.362 e. The number of β-lactam (4-membered cyclic amide) rings is 1. The molecule has 0 spiro atoms. The van der Waals surface area contributed by atoms with Crippen LogP contribution in [0, 0.1) is 5.92 Å². The van der Waals surface area contributed by atoms with Gasteiger partial charge in [0.1, 0.15) is 30.1 Å². The second-order valence-corrected chi connectivity index (χ2v) is 10.7. The van der Waals surface area contributed by atoms with Gasteiger partial charge in [0.05, 0.1) is 6.20 Å². The van der Waals surface area contributed by atoms with Gasteiger partial charge in [0, 0.05) is 18.4 Å². The van der Waals surface area contributed by atoms with Gasteiger partial charge in [-0.1, -0.05) is 19.0 Å². The van der Waals surface area contributed by atoms with Gasteiger partial charge in [-0.2, -0.15) is 13.1 Å². The lowest BCUT2D eigenvalue weighted by Crippen LogP contribution is -2.73. The fraction of sp³-hybridized carbons (Fsp3) is 0.400. The number of carbonyl (C=O) groups excluding carboxylic acids is 3. The molecule has 6 N–H and O–H groups in total. The second-order valence-electron chi connectivity index (χ2n) is 8.51. The van der Waals surface area contributed by atoms with Gasteiger partial charge in [0.25, 0.3) is 11.8 Å². The molecule has 2 aromatic rings. The Morgan fingerprint density at radius 1 is 1.33 bits per heavy atom. The zero-order chi connectivity index (χ0) is 29.2. The molecule has 19 heteroatoms. The first-order valence-electron chi connectivity index (χ1n) is 11.0. The van der Waals surface area contributed by atoms with Crippen LogP contribution in [0.25, 0.3) is 0 Å². The summed E-state index contributed by atoms with van der Waals surface area (Å²) < 4.78 is 37.8. The highest BCUT2D eigenvalue weighted by Gasteiger charge is 2.54. The van der Waals surface area contributed by atoms with E-state index in [4.69, 9.17) is 15.3 Å². The first kappa shape index (κ1) is 29.3. The van der Waals surface area contributed by atoms with Gasteiger partial charge in [-0.25, -0.2) is 9.29 Å². The number of anilines is 1. The molecule has 1 fully saturated rings. The summed E-state index contributed by atoms with van der Waals surface area (Å²) in [4.78, 5) is 58.2. The molecule has 1 aliphatic rings. The first-order chi connectivity index (χ1) is 18.1. The third-order valence-electron chi connectivity index (χ3n) is 5.34. The number of nitrogens with zero attached hydrogens (tertiary/aromatic N) is 4. The Bertz CT molecular complexity index is 1480. The lowest BCUT2D eigenvalue weighted by atomic mass is 9.99. The van der Waals surface area contributed by atoms with Crippen molar-refractivity contribution in [3.05, 3.63) is 39.3 Å². The molecular weight excluding hydrogens is 564 g/mol. The number of aromatic nitrogens is 2. The summed E-state index contributed by atoms with van der Waals surface area (Å²) in [5.41, 5.74) is 4.11. The van der Waals surface area contributed by atoms with Crippen molar-refractivity contribution in [3.63, 3.8) is 0 Å². The SMILES string of the molecule is CC(=O)OC[C@@H]1[C@H](NC(=O)/C(=N\OC(c2cc(=O)c(O)cn2O)C(C)C)c2csc(N)n2)C(=O)N1S(=O)(=O)O. The predicted octanol–water partition coefficient (Wildman–Crippen LogP) is -0.991. The van der Waals surface area contributed by atoms with E-state index in [2.05, 4.69) is 15.5 Å². The maximum absolute atomic E-state index is 13.2. The van der Waals surface area contributed by atoms with Crippen molar-refractivity contribution in [1.29, 1.82) is 0 Å². The maximum Gasteiger partial charge on any atom is 0.362 e. The normalized spacial score (nSPS) is 18.4. The largest absolute Gasteiger partial charge is 0.503 e. The number of amides is 2. The maximum atomic E-state index is 13.2. The van der Waals surface area contributed by atoms with Gasteiger partial charge in [0.15, 0.2) is 22.7 Å². The zero-order valence-corrected chi connectivity index (χ0v) is 22.2. The Balaban J connectivity index is 1.94. The molecule has 0 bridgehead atoms. The number of pyridine rings is 1. The van der Waals surface area contributed by atoms with E-state index >= 15 is 0 Å². The van der Waals surface area contributed by atoms with Crippen LogP contribution in [0.2, 0.25) is 0 Å². The van der Waals surface area contributed by atoms with Crippen LogP contribution in [0.15, 0.2) is 27.6 Å². The van der Waals surface area contributed by atoms with Crippen LogP contribution in [-0.4, -0.2) is 79.5 Å². The highest BCUT2D eigenvalue weighted by Crippen LogP contribution is 2.27. The molecule has 17 nitrogen and oxygen atoms in total. The summed E-state index contributed by atoms with van der Waals surface area (Å²) in [7, 11) is -5.03. The average Bonchev–Trinajstić information content (AvgIpc) is 3.24. The molecule has 212 valence electrons. The summed E-state index contributed by atoms with van der Waals surface area (Å²) in [5, 5.41) is 27.2. The number of nitrogens with one attached hydrogen (secondary N) is 1. The van der Waals surface area contributed by atoms with E-state index in [1.54, 1.807) is 13.8 Å². The van der Waals surface area contributed by atoms with Gasteiger partial charge >= 0.3 is 16.3 Å². The summed E-state index contributed by atoms with van der Waals surface area (Å²) >= 11 is 0.940. The number of hydrogen-bond acceptors (Lipinski definition) is 14. The van der Waals surface area contributed by atoms with E-state index in [1.807, 2.05) is 0 Å². The fourth-order valence-electron chi connectivity index (χ4n) is 3.51. The average molecular weight is 589 g/mol. The number of thiazole rings is 1. The van der Waals surface area contributed by atoms with Crippen molar-refractivity contribution in [2.45, 2.75) is 39.0 Å². The molecule has 0 aliphatic carbocycles. The number of rotatable bonds is 10. The number of nitrogen functional groups attached to an aromatic ring is 1. The highest BCUT2D eigenvalue weighted by atomic mass is 32.2. The van der Waals surface area contributed by atoms with Crippen LogP contribution in [0.5, 0.6) is 5.75 Å². The predicted molar refractivity (Wildman–Crippen MR) is 132 cm³/mol. The molecule has 0 radical (unpaired) electrons. The molecule has 2 amide bonds. The summed E-state index contributed by atoms with van der Waals surface area (Å²) in [6.45, 7) is 3.66. The van der Waals surface area contributed by atoms with Crippen molar-refractivity contribution in [2.75, 3.05) is 12.3 Å². The third kappa shape index (κ3) is 6.44. The lowest BCUT2D eigenvalue weighted by molar-refractivity contribution is -0.154. The fourth-order valence-corrected chi connectivity index (χ4v) is 4.92. The molecule has 0 saturated carbocycles. The Kier molecular flexibility index (Phi) is 8.46. The number of oxime groups is 1. The van der Waals surface area contributed by atoms with E-state index in [-0.39, 0.29) is 20.8 Å². The number of esters is 1. The minimum Gasteiger partial charge on any atom is -0.503 e. The molecule has 1 unspecified atom stereocenters. The standard InChI is InChI=1S/C20H24N6O11S2/c1-8(2)17(11-4-13(28)14(29)5-25(11)32)37-24-15(10-7-38-20(21)22-10)18(30)23-16-12(6-36-9(3)27)26(19(16)31)39(33,34)35/h4-5,7-8,12,16-17,29,32H,6H2,1-3H3,(H2,21,22)(H,23,30)(H,33,34,35)/b24-15-/t12-,16+,17?/m1/s1. The first-order valence-corrected chi connectivity index (χ1v) is 13.2. The molecule has 0 aromatic carbocycles. The minimum absolute atomic E-state index is 0.0404. The van der Waals surface area contributed by atoms with Crippen molar-refractivity contribution in [1.82, 2.24) is 19.3 Å². The lowest BCUT2D eigenvalue weighted by Gasteiger charge is -2.43. The van der Waals surface area contributed by atoms with Crippen LogP contribution in [0.3, 0.4) is 0 Å². The molecule has 2 aromatic heterocycles. The molecule has 3 heterocycles. The summed E-state index contributed by atoms with van der Waals surface area (Å²) in [5.74, 6) is -4.28. The van der Waals surface area contributed by atoms with Crippen molar-refractivity contribution in [2.24, 2.45) is 11.1 Å². The minimum atomic E-state index is -5.03. The van der Waals surface area contributed by atoms with E-state index in [0.717, 1.165) is 30.5 Å². The van der Waals surface area contributed by atoms with Crippen molar-refractivity contribution >= 4 is 50.3 Å². The van der Waals surface area contributed by atoms with Gasteiger partial charge in [0.2, 0.25) is 5.43 Å². The van der Waals surface area contributed by atoms with E-state index in [1.165, 1.54) is 5.38 Å². The van der Waals surface area contributed by atoms with E-state index in [9.17, 15) is 42.5 Å². The van der Waals surface area contributed by atoms with E-state index < -0.39 is 75.7 Å². The molecule has 1 aliphatic heterocycles. The van der Waals surface area contributed by atoms with Gasteiger partial charge < -0.3 is 30.9 Å². The van der Waals surface area contributed by atoms with Crippen LogP contribution in [-0.2, 0) is 34.3 Å². The summed E-state index contributed by atoms with van der Waals surface area (Å²) in [6.07, 6.45) is -0.388. The second kappa shape index (κ2) is 11.3. The van der Waals surface area contributed by atoms with Gasteiger partial charge in [-0.15, -0.1) is 11.3 Å². The molecule has 1 saturated heterocycles.